The van der Waals surface area contributed by atoms with E-state index in [2.05, 4.69) is 15.3 Å². The molecule has 2 heterocycles. The van der Waals surface area contributed by atoms with E-state index in [-0.39, 0.29) is 11.5 Å². The Hall–Kier alpha value is -3.93. The van der Waals surface area contributed by atoms with Crippen LogP contribution in [0, 0.1) is 0 Å². The summed E-state index contributed by atoms with van der Waals surface area (Å²) in [6.45, 7) is 0. The van der Waals surface area contributed by atoms with Crippen LogP contribution >= 0.6 is 0 Å². The van der Waals surface area contributed by atoms with Gasteiger partial charge in [0.25, 0.3) is 5.91 Å². The van der Waals surface area contributed by atoms with Crippen LogP contribution in [0.4, 0.5) is 5.69 Å². The van der Waals surface area contributed by atoms with Crippen LogP contribution in [0.2, 0.25) is 0 Å². The molecule has 27 heavy (non-hydrogen) atoms. The first-order valence-electron chi connectivity index (χ1n) is 8.29. The molecule has 0 radical (unpaired) electrons. The number of carbonyl (C=O) groups is 2. The number of carbonyl (C=O) groups excluding carboxylic acids is 1. The number of carboxylic acids is 1. The van der Waals surface area contributed by atoms with Gasteiger partial charge in [0.2, 0.25) is 0 Å². The zero-order chi connectivity index (χ0) is 18.8. The highest BCUT2D eigenvalue weighted by molar-refractivity contribution is 6.06. The van der Waals surface area contributed by atoms with Gasteiger partial charge < -0.3 is 15.4 Å². The molecule has 132 valence electrons. The summed E-state index contributed by atoms with van der Waals surface area (Å²) in [6, 6.07) is 19.6. The number of aromatic amines is 1. The van der Waals surface area contributed by atoms with Crippen molar-refractivity contribution in [1.82, 2.24) is 9.97 Å². The summed E-state index contributed by atoms with van der Waals surface area (Å²) < 4.78 is 0. The van der Waals surface area contributed by atoms with Crippen LogP contribution in [0.15, 0.2) is 72.9 Å². The highest BCUT2D eigenvalue weighted by atomic mass is 16.4. The quantitative estimate of drug-likeness (QED) is 0.510. The van der Waals surface area contributed by atoms with Crippen molar-refractivity contribution in [3.05, 3.63) is 84.1 Å². The van der Waals surface area contributed by atoms with Crippen molar-refractivity contribution in [2.45, 2.75) is 0 Å². The number of aromatic carboxylic acids is 1. The summed E-state index contributed by atoms with van der Waals surface area (Å²) in [5.41, 5.74) is 3.57. The number of nitrogens with one attached hydrogen (secondary N) is 2. The molecule has 1 amide bonds. The fraction of sp³-hybridized carbons (Fsp3) is 0. The van der Waals surface area contributed by atoms with E-state index in [9.17, 15) is 9.59 Å². The molecule has 4 aromatic rings. The predicted molar refractivity (Wildman–Crippen MR) is 103 cm³/mol. The van der Waals surface area contributed by atoms with Gasteiger partial charge in [-0.15, -0.1) is 0 Å². The number of rotatable bonds is 4. The maximum atomic E-state index is 12.5. The monoisotopic (exact) mass is 357 g/mol. The molecule has 0 aliphatic rings. The lowest BCUT2D eigenvalue weighted by Crippen LogP contribution is -2.12. The third kappa shape index (κ3) is 3.41. The molecule has 0 atom stereocenters. The number of anilines is 1. The smallest absolute Gasteiger partial charge is 0.335 e. The van der Waals surface area contributed by atoms with Gasteiger partial charge in [0.05, 0.1) is 11.1 Å². The van der Waals surface area contributed by atoms with Gasteiger partial charge in [0.15, 0.2) is 0 Å². The highest BCUT2D eigenvalue weighted by Gasteiger charge is 2.11. The molecule has 6 nitrogen and oxygen atoms in total. The van der Waals surface area contributed by atoms with E-state index >= 15 is 0 Å². The second-order valence-electron chi connectivity index (χ2n) is 6.05. The topological polar surface area (TPSA) is 95.1 Å². The number of amides is 1. The first-order chi connectivity index (χ1) is 13.1. The first-order valence-corrected chi connectivity index (χ1v) is 8.29. The van der Waals surface area contributed by atoms with Crippen LogP contribution in [0.5, 0.6) is 0 Å². The standard InChI is InChI=1S/C21H15N3O3/c25-20(23-17-8-4-7-14(10-17)21(26)27)16-9-15-11-18(24-19(15)22-12-16)13-5-2-1-3-6-13/h1-12H,(H,22,24)(H,23,25)(H,26,27). The van der Waals surface area contributed by atoms with Gasteiger partial charge >= 0.3 is 5.97 Å². The average Bonchev–Trinajstić information content (AvgIpc) is 3.12. The molecule has 0 unspecified atom stereocenters. The van der Waals surface area contributed by atoms with Crippen molar-refractivity contribution >= 4 is 28.6 Å². The van der Waals surface area contributed by atoms with Crippen molar-refractivity contribution in [3.63, 3.8) is 0 Å². The molecule has 4 rings (SSSR count). The number of nitrogens with zero attached hydrogens (tertiary/aromatic N) is 1. The fourth-order valence-electron chi connectivity index (χ4n) is 2.85. The van der Waals surface area contributed by atoms with Gasteiger partial charge in [-0.3, -0.25) is 4.79 Å². The van der Waals surface area contributed by atoms with Gasteiger partial charge in [-0.1, -0.05) is 36.4 Å². The molecular formula is C21H15N3O3. The van der Waals surface area contributed by atoms with Crippen molar-refractivity contribution in [2.75, 3.05) is 5.32 Å². The molecule has 0 fully saturated rings. The van der Waals surface area contributed by atoms with Gasteiger partial charge in [0.1, 0.15) is 5.65 Å². The lowest BCUT2D eigenvalue weighted by atomic mass is 10.1. The third-order valence-electron chi connectivity index (χ3n) is 4.18. The molecule has 6 heteroatoms. The Bertz CT molecular complexity index is 1150. The Kier molecular flexibility index (Phi) is 4.14. The molecule has 2 aromatic heterocycles. The van der Waals surface area contributed by atoms with Crippen LogP contribution < -0.4 is 5.32 Å². The number of benzene rings is 2. The van der Waals surface area contributed by atoms with Gasteiger partial charge in [-0.2, -0.15) is 0 Å². The van der Waals surface area contributed by atoms with E-state index in [4.69, 9.17) is 5.11 Å². The number of carboxylic acid groups (broad SMARTS) is 1. The zero-order valence-corrected chi connectivity index (χ0v) is 14.1. The maximum Gasteiger partial charge on any atom is 0.335 e. The zero-order valence-electron chi connectivity index (χ0n) is 14.1. The van der Waals surface area contributed by atoms with Crippen LogP contribution in [0.25, 0.3) is 22.3 Å². The second kappa shape index (κ2) is 6.76. The summed E-state index contributed by atoms with van der Waals surface area (Å²) >= 11 is 0. The van der Waals surface area contributed by atoms with E-state index in [0.717, 1.165) is 16.6 Å². The minimum atomic E-state index is -1.05. The van der Waals surface area contributed by atoms with Crippen LogP contribution in [-0.2, 0) is 0 Å². The SMILES string of the molecule is O=C(O)c1cccc(NC(=O)c2cnc3[nH]c(-c4ccccc4)cc3c2)c1. The lowest BCUT2D eigenvalue weighted by molar-refractivity contribution is 0.0696. The molecule has 3 N–H and O–H groups in total. The molecule has 0 saturated carbocycles. The summed E-state index contributed by atoms with van der Waals surface area (Å²) in [6.07, 6.45) is 1.49. The molecule has 0 saturated heterocycles. The van der Waals surface area contributed by atoms with Crippen LogP contribution in [-0.4, -0.2) is 27.0 Å². The minimum Gasteiger partial charge on any atom is -0.478 e. The van der Waals surface area contributed by atoms with Gasteiger partial charge in [0, 0.05) is 23.0 Å². The number of hydrogen-bond acceptors (Lipinski definition) is 3. The Labute approximate surface area is 154 Å². The third-order valence-corrected chi connectivity index (χ3v) is 4.18. The summed E-state index contributed by atoms with van der Waals surface area (Å²) in [5.74, 6) is -1.40. The Morgan fingerprint density at radius 1 is 0.926 bits per heavy atom. The second-order valence-corrected chi connectivity index (χ2v) is 6.05. The number of aromatic nitrogens is 2. The number of hydrogen-bond donors (Lipinski definition) is 3. The molecular weight excluding hydrogens is 342 g/mol. The largest absolute Gasteiger partial charge is 0.478 e. The van der Waals surface area contributed by atoms with E-state index in [0.29, 0.717) is 16.9 Å². The van der Waals surface area contributed by atoms with Gasteiger partial charge in [-0.25, -0.2) is 9.78 Å². The normalized spacial score (nSPS) is 10.7. The minimum absolute atomic E-state index is 0.111. The molecule has 0 aliphatic heterocycles. The number of H-pyrrole nitrogens is 1. The van der Waals surface area contributed by atoms with E-state index < -0.39 is 5.97 Å². The molecule has 0 aliphatic carbocycles. The Morgan fingerprint density at radius 3 is 2.52 bits per heavy atom. The van der Waals surface area contributed by atoms with E-state index in [1.54, 1.807) is 18.2 Å². The van der Waals surface area contributed by atoms with E-state index in [1.807, 2.05) is 36.4 Å². The Morgan fingerprint density at radius 2 is 1.74 bits per heavy atom. The summed E-state index contributed by atoms with van der Waals surface area (Å²) in [5, 5.41) is 12.6. The summed E-state index contributed by atoms with van der Waals surface area (Å²) in [4.78, 5) is 31.1. The number of fused-ring (bicyclic) bond motifs is 1. The molecule has 0 bridgehead atoms. The maximum absolute atomic E-state index is 12.5. The Balaban J connectivity index is 1.61. The number of pyridine rings is 1. The molecule has 0 spiro atoms. The lowest BCUT2D eigenvalue weighted by Gasteiger charge is -2.06. The van der Waals surface area contributed by atoms with Crippen molar-refractivity contribution in [3.8, 4) is 11.3 Å². The average molecular weight is 357 g/mol. The van der Waals surface area contributed by atoms with Crippen molar-refractivity contribution in [2.24, 2.45) is 0 Å². The van der Waals surface area contributed by atoms with Crippen LogP contribution in [0.1, 0.15) is 20.7 Å². The first kappa shape index (κ1) is 16.5. The van der Waals surface area contributed by atoms with Gasteiger partial charge in [-0.05, 0) is 35.9 Å². The van der Waals surface area contributed by atoms with Crippen LogP contribution in [0.3, 0.4) is 0 Å². The highest BCUT2D eigenvalue weighted by Crippen LogP contribution is 2.23. The fourth-order valence-corrected chi connectivity index (χ4v) is 2.85. The predicted octanol–water partition coefficient (Wildman–Crippen LogP) is 4.18. The van der Waals surface area contributed by atoms with Crippen molar-refractivity contribution in [1.29, 1.82) is 0 Å². The molecule has 2 aromatic carbocycles. The van der Waals surface area contributed by atoms with E-state index in [1.165, 1.54) is 18.3 Å². The van der Waals surface area contributed by atoms with Crippen molar-refractivity contribution < 1.29 is 14.7 Å². The summed E-state index contributed by atoms with van der Waals surface area (Å²) in [7, 11) is 0.